The molecular weight excluding hydrogens is 415 g/mol. The van der Waals surface area contributed by atoms with Crippen molar-refractivity contribution in [1.82, 2.24) is 10.6 Å². The number of fused-ring (bicyclic) bond motifs is 1. The van der Waals surface area contributed by atoms with Crippen molar-refractivity contribution in [3.05, 3.63) is 81.8 Å². The molecule has 0 aliphatic heterocycles. The topological polar surface area (TPSA) is 41.1 Å². The van der Waals surface area contributed by atoms with Crippen molar-refractivity contribution >= 4 is 39.9 Å². The number of rotatable bonds is 5. The van der Waals surface area contributed by atoms with E-state index >= 15 is 0 Å². The molecule has 2 N–H and O–H groups in total. The molecule has 1 fully saturated rings. The van der Waals surface area contributed by atoms with Crippen LogP contribution in [0.4, 0.5) is 0 Å². The highest BCUT2D eigenvalue weighted by Crippen LogP contribution is 2.28. The summed E-state index contributed by atoms with van der Waals surface area (Å²) in [5, 5.41) is 10.4. The van der Waals surface area contributed by atoms with Gasteiger partial charge in [0.05, 0.1) is 10.0 Å². The second kappa shape index (κ2) is 9.38. The van der Waals surface area contributed by atoms with Crippen LogP contribution >= 0.6 is 23.2 Å². The molecule has 1 unspecified atom stereocenters. The fraction of sp³-hybridized carbons (Fsp3) is 0.320. The second-order valence-corrected chi connectivity index (χ2v) is 8.87. The Labute approximate surface area is 187 Å². The summed E-state index contributed by atoms with van der Waals surface area (Å²) in [5.41, 5.74) is 1.82. The molecule has 0 aromatic heterocycles. The van der Waals surface area contributed by atoms with E-state index in [4.69, 9.17) is 23.2 Å². The van der Waals surface area contributed by atoms with Crippen LogP contribution in [0, 0.1) is 0 Å². The van der Waals surface area contributed by atoms with Crippen molar-refractivity contribution in [2.75, 3.05) is 0 Å². The van der Waals surface area contributed by atoms with Crippen molar-refractivity contribution in [2.45, 2.75) is 50.7 Å². The maximum Gasteiger partial charge on any atom is 0.251 e. The molecule has 1 aliphatic carbocycles. The van der Waals surface area contributed by atoms with Crippen LogP contribution in [0.15, 0.2) is 60.7 Å². The minimum Gasteiger partial charge on any atom is -0.348 e. The molecule has 0 spiro atoms. The summed E-state index contributed by atoms with van der Waals surface area (Å²) < 4.78 is 0. The lowest BCUT2D eigenvalue weighted by molar-refractivity contribution is 0.0913. The third-order valence-corrected chi connectivity index (χ3v) is 6.76. The second-order valence-electron chi connectivity index (χ2n) is 8.06. The Kier molecular flexibility index (Phi) is 6.62. The first-order valence-corrected chi connectivity index (χ1v) is 11.3. The van der Waals surface area contributed by atoms with Gasteiger partial charge in [-0.2, -0.15) is 0 Å². The molecule has 3 aromatic rings. The van der Waals surface area contributed by atoms with Crippen LogP contribution in [0.5, 0.6) is 0 Å². The Hall–Kier alpha value is -2.07. The summed E-state index contributed by atoms with van der Waals surface area (Å²) in [6, 6.07) is 20.4. The molecule has 3 atom stereocenters. The predicted molar refractivity (Wildman–Crippen MR) is 125 cm³/mol. The van der Waals surface area contributed by atoms with E-state index in [-0.39, 0.29) is 24.0 Å². The maximum atomic E-state index is 12.8. The van der Waals surface area contributed by atoms with E-state index in [1.165, 1.54) is 22.8 Å². The quantitative estimate of drug-likeness (QED) is 0.472. The number of nitrogens with one attached hydrogen (secondary N) is 2. The highest BCUT2D eigenvalue weighted by Gasteiger charge is 2.28. The van der Waals surface area contributed by atoms with Gasteiger partial charge in [0.25, 0.3) is 5.91 Å². The van der Waals surface area contributed by atoms with Crippen LogP contribution in [0.1, 0.15) is 54.6 Å². The highest BCUT2D eigenvalue weighted by molar-refractivity contribution is 6.42. The van der Waals surface area contributed by atoms with Crippen LogP contribution in [-0.4, -0.2) is 18.0 Å². The maximum absolute atomic E-state index is 12.8. The van der Waals surface area contributed by atoms with Crippen molar-refractivity contribution in [2.24, 2.45) is 0 Å². The fourth-order valence-electron chi connectivity index (χ4n) is 4.43. The van der Waals surface area contributed by atoms with E-state index in [1.54, 1.807) is 18.2 Å². The fourth-order valence-corrected chi connectivity index (χ4v) is 4.73. The number of halogens is 2. The van der Waals surface area contributed by atoms with Crippen molar-refractivity contribution in [3.63, 3.8) is 0 Å². The lowest BCUT2D eigenvalue weighted by atomic mass is 9.88. The number of hydrogen-bond acceptors (Lipinski definition) is 2. The van der Waals surface area contributed by atoms with Gasteiger partial charge < -0.3 is 10.6 Å². The van der Waals surface area contributed by atoms with Gasteiger partial charge in [0, 0.05) is 23.7 Å². The Balaban J connectivity index is 1.49. The van der Waals surface area contributed by atoms with E-state index in [0.29, 0.717) is 15.6 Å². The Morgan fingerprint density at radius 2 is 1.67 bits per heavy atom. The summed E-state index contributed by atoms with van der Waals surface area (Å²) in [5.74, 6) is -0.106. The number of hydrogen-bond donors (Lipinski definition) is 2. The predicted octanol–water partition coefficient (Wildman–Crippen LogP) is 6.54. The number of carbonyl (C=O) groups is 1. The summed E-state index contributed by atoms with van der Waals surface area (Å²) in [4.78, 5) is 12.8. The van der Waals surface area contributed by atoms with Gasteiger partial charge in [-0.1, -0.05) is 78.5 Å². The lowest BCUT2D eigenvalue weighted by Gasteiger charge is -2.35. The summed E-state index contributed by atoms with van der Waals surface area (Å²) in [6.07, 6.45) is 4.29. The number of amides is 1. The largest absolute Gasteiger partial charge is 0.348 e. The molecule has 156 valence electrons. The van der Waals surface area contributed by atoms with Crippen molar-refractivity contribution < 1.29 is 4.79 Å². The van der Waals surface area contributed by atoms with Gasteiger partial charge in [-0.05, 0) is 54.3 Å². The van der Waals surface area contributed by atoms with Crippen molar-refractivity contribution in [3.8, 4) is 0 Å². The Morgan fingerprint density at radius 3 is 2.47 bits per heavy atom. The van der Waals surface area contributed by atoms with E-state index in [1.807, 2.05) is 0 Å². The Bertz CT molecular complexity index is 1050. The van der Waals surface area contributed by atoms with Gasteiger partial charge in [0.2, 0.25) is 0 Å². The molecule has 1 aliphatic rings. The van der Waals surface area contributed by atoms with Gasteiger partial charge >= 0.3 is 0 Å². The summed E-state index contributed by atoms with van der Waals surface area (Å²) >= 11 is 12.1. The summed E-state index contributed by atoms with van der Waals surface area (Å²) in [7, 11) is 0. The lowest BCUT2D eigenvalue weighted by Crippen LogP contribution is -2.52. The summed E-state index contributed by atoms with van der Waals surface area (Å²) in [6.45, 7) is 2.20. The van der Waals surface area contributed by atoms with Crippen LogP contribution in [-0.2, 0) is 0 Å². The first-order valence-electron chi connectivity index (χ1n) is 10.5. The molecule has 0 bridgehead atoms. The van der Waals surface area contributed by atoms with Crippen LogP contribution in [0.3, 0.4) is 0 Å². The van der Waals surface area contributed by atoms with E-state index in [9.17, 15) is 4.79 Å². The molecule has 4 rings (SSSR count). The van der Waals surface area contributed by atoms with Gasteiger partial charge in [-0.25, -0.2) is 0 Å². The zero-order valence-electron chi connectivity index (χ0n) is 17.0. The Morgan fingerprint density at radius 1 is 0.933 bits per heavy atom. The molecular formula is C25H26Cl2N2O. The first-order chi connectivity index (χ1) is 14.5. The zero-order valence-corrected chi connectivity index (χ0v) is 18.5. The molecule has 0 radical (unpaired) electrons. The molecule has 3 aromatic carbocycles. The number of benzene rings is 3. The van der Waals surface area contributed by atoms with Crippen LogP contribution < -0.4 is 10.6 Å². The molecule has 0 saturated heterocycles. The van der Waals surface area contributed by atoms with E-state index < -0.39 is 0 Å². The third kappa shape index (κ3) is 4.64. The molecule has 1 saturated carbocycles. The molecule has 30 heavy (non-hydrogen) atoms. The van der Waals surface area contributed by atoms with Gasteiger partial charge in [-0.3, -0.25) is 4.79 Å². The average molecular weight is 441 g/mol. The highest BCUT2D eigenvalue weighted by atomic mass is 35.5. The molecule has 1 amide bonds. The SMILES string of the molecule is CC(N[C@@H]1CCCC[C@H]1NC(=O)c1ccc(Cl)c(Cl)c1)c1cccc2ccccc12. The van der Waals surface area contributed by atoms with E-state index in [2.05, 4.69) is 60.0 Å². The minimum absolute atomic E-state index is 0.0816. The normalized spacial score (nSPS) is 20.1. The monoisotopic (exact) mass is 440 g/mol. The van der Waals surface area contributed by atoms with Gasteiger partial charge in [0.15, 0.2) is 0 Å². The third-order valence-electron chi connectivity index (χ3n) is 6.02. The van der Waals surface area contributed by atoms with Gasteiger partial charge in [-0.15, -0.1) is 0 Å². The van der Waals surface area contributed by atoms with E-state index in [0.717, 1.165) is 19.3 Å². The molecule has 5 heteroatoms. The van der Waals surface area contributed by atoms with Crippen LogP contribution in [0.25, 0.3) is 10.8 Å². The van der Waals surface area contributed by atoms with Crippen LogP contribution in [0.2, 0.25) is 10.0 Å². The number of carbonyl (C=O) groups excluding carboxylic acids is 1. The standard InChI is InChI=1S/C25H26Cl2N2O/c1-16(19-10-6-8-17-7-2-3-9-20(17)19)28-23-11-4-5-12-24(23)29-25(30)18-13-14-21(26)22(27)15-18/h2-3,6-10,13-16,23-24,28H,4-5,11-12H2,1H3,(H,29,30)/t16?,23-,24-/m1/s1. The van der Waals surface area contributed by atoms with Gasteiger partial charge in [0.1, 0.15) is 0 Å². The molecule has 3 nitrogen and oxygen atoms in total. The van der Waals surface area contributed by atoms with Crippen molar-refractivity contribution in [1.29, 1.82) is 0 Å². The smallest absolute Gasteiger partial charge is 0.251 e. The zero-order chi connectivity index (χ0) is 21.1. The minimum atomic E-state index is -0.106. The average Bonchev–Trinajstić information content (AvgIpc) is 2.76. The molecule has 0 heterocycles. The first kappa shape index (κ1) is 21.2.